The molecule has 27 heavy (non-hydrogen) atoms. The molecule has 1 amide bonds. The zero-order valence-electron chi connectivity index (χ0n) is 18.0. The van der Waals surface area contributed by atoms with Crippen molar-refractivity contribution in [2.75, 3.05) is 33.2 Å². The van der Waals surface area contributed by atoms with Crippen molar-refractivity contribution >= 4 is 35.8 Å². The molecule has 0 aliphatic heterocycles. The molecule has 0 saturated heterocycles. The molecule has 0 aromatic heterocycles. The summed E-state index contributed by atoms with van der Waals surface area (Å²) in [6, 6.07) is 0.529. The number of nitrogens with one attached hydrogen (secondary N) is 3. The lowest BCUT2D eigenvalue weighted by Gasteiger charge is -2.30. The highest BCUT2D eigenvalue weighted by Gasteiger charge is 2.27. The number of halogens is 1. The average Bonchev–Trinajstić information content (AvgIpc) is 2.59. The lowest BCUT2D eigenvalue weighted by Crippen LogP contribution is -2.47. The van der Waals surface area contributed by atoms with Gasteiger partial charge in [-0.3, -0.25) is 9.79 Å². The standard InChI is InChI=1S/C20H41N5O.HI/c1-6-8-13-25(5)14-12-22-20(21-7-2)24-18-11-9-10-17(15-18)19(26)23-16(3)4;/h16-18H,6-15H2,1-5H3,(H,23,26)(H2,21,22,24);1H. The normalized spacial score (nSPS) is 20.3. The summed E-state index contributed by atoms with van der Waals surface area (Å²) >= 11 is 0. The molecule has 7 heteroatoms. The van der Waals surface area contributed by atoms with E-state index in [1.807, 2.05) is 13.8 Å². The largest absolute Gasteiger partial charge is 0.357 e. The van der Waals surface area contributed by atoms with Crippen LogP contribution in [0.1, 0.15) is 66.2 Å². The van der Waals surface area contributed by atoms with Gasteiger partial charge in [-0.2, -0.15) is 0 Å². The average molecular weight is 495 g/mol. The third-order valence-corrected chi connectivity index (χ3v) is 4.81. The number of unbranched alkanes of at least 4 members (excludes halogenated alkanes) is 1. The first-order chi connectivity index (χ1) is 12.5. The van der Waals surface area contributed by atoms with Gasteiger partial charge >= 0.3 is 0 Å². The summed E-state index contributed by atoms with van der Waals surface area (Å²) in [7, 11) is 2.16. The molecule has 0 radical (unpaired) electrons. The van der Waals surface area contributed by atoms with E-state index in [0.717, 1.165) is 57.8 Å². The van der Waals surface area contributed by atoms with Crippen molar-refractivity contribution in [3.63, 3.8) is 0 Å². The summed E-state index contributed by atoms with van der Waals surface area (Å²) in [4.78, 5) is 19.4. The second-order valence-corrected chi connectivity index (χ2v) is 7.79. The number of carbonyl (C=O) groups excluding carboxylic acids is 1. The third-order valence-electron chi connectivity index (χ3n) is 4.81. The number of guanidine groups is 1. The number of aliphatic imine (C=N–C) groups is 1. The molecule has 1 aliphatic carbocycles. The first-order valence-electron chi connectivity index (χ1n) is 10.5. The van der Waals surface area contributed by atoms with Crippen LogP contribution >= 0.6 is 24.0 Å². The van der Waals surface area contributed by atoms with Crippen LogP contribution in [0.3, 0.4) is 0 Å². The SMILES string of the molecule is CCCCN(C)CCN=C(NCC)NC1CCCC(C(=O)NC(C)C)C1.I. The number of hydrogen-bond acceptors (Lipinski definition) is 3. The van der Waals surface area contributed by atoms with Crippen LogP contribution in [0, 0.1) is 5.92 Å². The molecule has 2 atom stereocenters. The van der Waals surface area contributed by atoms with E-state index < -0.39 is 0 Å². The van der Waals surface area contributed by atoms with E-state index in [-0.39, 0.29) is 41.8 Å². The maximum atomic E-state index is 12.3. The number of carbonyl (C=O) groups is 1. The van der Waals surface area contributed by atoms with Gasteiger partial charge in [-0.1, -0.05) is 19.8 Å². The predicted molar refractivity (Wildman–Crippen MR) is 126 cm³/mol. The highest BCUT2D eigenvalue weighted by molar-refractivity contribution is 14.0. The predicted octanol–water partition coefficient (Wildman–Crippen LogP) is 2.97. The van der Waals surface area contributed by atoms with Gasteiger partial charge in [-0.15, -0.1) is 24.0 Å². The summed E-state index contributed by atoms with van der Waals surface area (Å²) in [5.41, 5.74) is 0. The summed E-state index contributed by atoms with van der Waals surface area (Å²) in [5, 5.41) is 9.95. The van der Waals surface area contributed by atoms with Crippen LogP contribution in [0.5, 0.6) is 0 Å². The molecule has 160 valence electrons. The molecule has 1 aliphatic rings. The van der Waals surface area contributed by atoms with E-state index in [0.29, 0.717) is 6.04 Å². The van der Waals surface area contributed by atoms with E-state index >= 15 is 0 Å². The Bertz CT molecular complexity index is 431. The van der Waals surface area contributed by atoms with Gasteiger partial charge in [0.1, 0.15) is 0 Å². The maximum absolute atomic E-state index is 12.3. The quantitative estimate of drug-likeness (QED) is 0.248. The Morgan fingerprint density at radius 2 is 1.96 bits per heavy atom. The van der Waals surface area contributed by atoms with E-state index in [4.69, 9.17) is 4.99 Å². The molecule has 1 saturated carbocycles. The van der Waals surface area contributed by atoms with Gasteiger partial charge in [0.05, 0.1) is 6.54 Å². The fourth-order valence-corrected chi connectivity index (χ4v) is 3.35. The number of rotatable bonds is 10. The van der Waals surface area contributed by atoms with Crippen molar-refractivity contribution in [2.24, 2.45) is 10.9 Å². The van der Waals surface area contributed by atoms with Gasteiger partial charge < -0.3 is 20.9 Å². The van der Waals surface area contributed by atoms with Crippen molar-refractivity contribution in [2.45, 2.75) is 78.3 Å². The second kappa shape index (κ2) is 15.4. The van der Waals surface area contributed by atoms with Gasteiger partial charge in [0.15, 0.2) is 5.96 Å². The zero-order chi connectivity index (χ0) is 19.4. The molecule has 2 unspecified atom stereocenters. The Hall–Kier alpha value is -0.570. The Kier molecular flexibility index (Phi) is 15.0. The van der Waals surface area contributed by atoms with Crippen LogP contribution in [0.4, 0.5) is 0 Å². The number of nitrogens with zero attached hydrogens (tertiary/aromatic N) is 2. The smallest absolute Gasteiger partial charge is 0.223 e. The monoisotopic (exact) mass is 495 g/mol. The van der Waals surface area contributed by atoms with Crippen LogP contribution in [0.2, 0.25) is 0 Å². The first kappa shape index (κ1) is 26.4. The molecule has 3 N–H and O–H groups in total. The minimum atomic E-state index is 0. The lowest BCUT2D eigenvalue weighted by molar-refractivity contribution is -0.126. The van der Waals surface area contributed by atoms with Crippen molar-refractivity contribution in [3.05, 3.63) is 0 Å². The fraction of sp³-hybridized carbons (Fsp3) is 0.900. The Morgan fingerprint density at radius 1 is 1.22 bits per heavy atom. The summed E-state index contributed by atoms with van der Waals surface area (Å²) < 4.78 is 0. The van der Waals surface area contributed by atoms with Crippen molar-refractivity contribution in [1.29, 1.82) is 0 Å². The van der Waals surface area contributed by atoms with E-state index in [1.165, 1.54) is 12.8 Å². The van der Waals surface area contributed by atoms with E-state index in [2.05, 4.69) is 41.7 Å². The van der Waals surface area contributed by atoms with Gasteiger partial charge in [0.25, 0.3) is 0 Å². The summed E-state index contributed by atoms with van der Waals surface area (Å²) in [5.74, 6) is 1.20. The van der Waals surface area contributed by atoms with Crippen molar-refractivity contribution in [1.82, 2.24) is 20.9 Å². The Balaban J connectivity index is 0.00000676. The van der Waals surface area contributed by atoms with Crippen molar-refractivity contribution in [3.8, 4) is 0 Å². The first-order valence-corrected chi connectivity index (χ1v) is 10.5. The van der Waals surface area contributed by atoms with Crippen molar-refractivity contribution < 1.29 is 4.79 Å². The molecule has 0 aromatic rings. The van der Waals surface area contributed by atoms with Crippen LogP contribution in [-0.2, 0) is 4.79 Å². The van der Waals surface area contributed by atoms with Gasteiger partial charge in [-0.25, -0.2) is 0 Å². The van der Waals surface area contributed by atoms with Gasteiger partial charge in [-0.05, 0) is 60.0 Å². The Labute approximate surface area is 183 Å². The fourth-order valence-electron chi connectivity index (χ4n) is 3.35. The van der Waals surface area contributed by atoms with Gasteiger partial charge in [0, 0.05) is 31.1 Å². The van der Waals surface area contributed by atoms with Crippen LogP contribution in [0.25, 0.3) is 0 Å². The van der Waals surface area contributed by atoms with E-state index in [1.54, 1.807) is 0 Å². The minimum Gasteiger partial charge on any atom is -0.357 e. The lowest BCUT2D eigenvalue weighted by atomic mass is 9.85. The van der Waals surface area contributed by atoms with Crippen LogP contribution in [0.15, 0.2) is 4.99 Å². The molecule has 1 rings (SSSR count). The summed E-state index contributed by atoms with van der Waals surface area (Å²) in [6.07, 6.45) is 6.54. The molecule has 0 spiro atoms. The topological polar surface area (TPSA) is 68.8 Å². The highest BCUT2D eigenvalue weighted by atomic mass is 127. The highest BCUT2D eigenvalue weighted by Crippen LogP contribution is 2.24. The molecule has 0 heterocycles. The number of amides is 1. The second-order valence-electron chi connectivity index (χ2n) is 7.79. The van der Waals surface area contributed by atoms with Crippen LogP contribution in [-0.4, -0.2) is 62.1 Å². The molecule has 6 nitrogen and oxygen atoms in total. The molecular weight excluding hydrogens is 453 g/mol. The Morgan fingerprint density at radius 3 is 2.59 bits per heavy atom. The molecule has 0 bridgehead atoms. The minimum absolute atomic E-state index is 0. The zero-order valence-corrected chi connectivity index (χ0v) is 20.3. The van der Waals surface area contributed by atoms with E-state index in [9.17, 15) is 4.79 Å². The van der Waals surface area contributed by atoms with Crippen LogP contribution < -0.4 is 16.0 Å². The third kappa shape index (κ3) is 11.8. The number of likely N-dealkylation sites (N-methyl/N-ethyl adjacent to an activating group) is 1. The van der Waals surface area contributed by atoms with Gasteiger partial charge in [0.2, 0.25) is 5.91 Å². The number of hydrogen-bond donors (Lipinski definition) is 3. The molecule has 1 fully saturated rings. The summed E-state index contributed by atoms with van der Waals surface area (Å²) in [6.45, 7) is 12.1. The molecule has 0 aromatic carbocycles. The molecular formula is C20H42IN5O. The maximum Gasteiger partial charge on any atom is 0.223 e.